The number of benzene rings is 5. The molecule has 228 valence electrons. The minimum absolute atomic E-state index is 0.515. The fourth-order valence-electron chi connectivity index (χ4n) is 6.99. The lowest BCUT2D eigenvalue weighted by Crippen LogP contribution is -2.35. The number of alkyl halides is 3. The van der Waals surface area contributed by atoms with Gasteiger partial charge in [0.2, 0.25) is 0 Å². The standard InChI is InChI=1S/C38H31F3O4/c1-36(2)30-19-24(38(39,40)41)13-16-26(30)33-28-20-31(43-4)32(44-5)21-29(28)35-27(34(33)36)17-18-37(45-35,22-9-7-6-8-10-22)23-11-14-25(42-3)15-12-23/h6-21H,1-5H3. The van der Waals surface area contributed by atoms with E-state index in [0.717, 1.165) is 56.0 Å². The van der Waals surface area contributed by atoms with Crippen LogP contribution in [0.5, 0.6) is 23.0 Å². The molecule has 5 aromatic rings. The Morgan fingerprint density at radius 2 is 1.36 bits per heavy atom. The Morgan fingerprint density at radius 1 is 0.711 bits per heavy atom. The summed E-state index contributed by atoms with van der Waals surface area (Å²) in [7, 11) is 4.77. The molecule has 1 atom stereocenters. The largest absolute Gasteiger partial charge is 0.497 e. The third-order valence-electron chi connectivity index (χ3n) is 9.19. The van der Waals surface area contributed by atoms with Crippen LogP contribution in [0.4, 0.5) is 13.2 Å². The zero-order valence-corrected chi connectivity index (χ0v) is 25.5. The molecule has 1 aliphatic carbocycles. The number of hydrogen-bond donors (Lipinski definition) is 0. The van der Waals surface area contributed by atoms with Crippen LogP contribution in [0.3, 0.4) is 0 Å². The number of methoxy groups -OCH3 is 3. The summed E-state index contributed by atoms with van der Waals surface area (Å²) in [5.74, 6) is 2.37. The molecule has 0 radical (unpaired) electrons. The Labute approximate surface area is 259 Å². The summed E-state index contributed by atoms with van der Waals surface area (Å²) in [6.45, 7) is 3.95. The second kappa shape index (κ2) is 10.1. The Hall–Kier alpha value is -4.91. The Bertz CT molecular complexity index is 1990. The molecule has 0 bridgehead atoms. The van der Waals surface area contributed by atoms with Gasteiger partial charge in [-0.15, -0.1) is 0 Å². The first kappa shape index (κ1) is 28.8. The number of rotatable bonds is 5. The van der Waals surface area contributed by atoms with E-state index in [4.69, 9.17) is 18.9 Å². The highest BCUT2D eigenvalue weighted by molar-refractivity contribution is 6.09. The highest BCUT2D eigenvalue weighted by Gasteiger charge is 2.45. The maximum absolute atomic E-state index is 13.9. The molecule has 5 aromatic carbocycles. The molecular weight excluding hydrogens is 577 g/mol. The van der Waals surface area contributed by atoms with Gasteiger partial charge in [-0.2, -0.15) is 13.2 Å². The van der Waals surface area contributed by atoms with Gasteiger partial charge in [-0.1, -0.05) is 68.5 Å². The van der Waals surface area contributed by atoms with Crippen molar-refractivity contribution in [3.05, 3.63) is 124 Å². The number of ether oxygens (including phenoxy) is 4. The molecule has 7 rings (SSSR count). The molecule has 0 N–H and O–H groups in total. The van der Waals surface area contributed by atoms with Gasteiger partial charge in [0.15, 0.2) is 17.1 Å². The topological polar surface area (TPSA) is 36.9 Å². The van der Waals surface area contributed by atoms with E-state index in [2.05, 4.69) is 6.08 Å². The second-order valence-electron chi connectivity index (χ2n) is 11.9. The molecule has 2 aliphatic rings. The zero-order valence-electron chi connectivity index (χ0n) is 25.5. The van der Waals surface area contributed by atoms with Crippen LogP contribution in [0.2, 0.25) is 0 Å². The summed E-state index contributed by atoms with van der Waals surface area (Å²) in [6, 6.07) is 25.6. The van der Waals surface area contributed by atoms with Crippen LogP contribution in [-0.2, 0) is 17.2 Å². The van der Waals surface area contributed by atoms with Crippen LogP contribution in [0, 0.1) is 0 Å². The highest BCUT2D eigenvalue weighted by Crippen LogP contribution is 2.59. The normalized spacial score (nSPS) is 17.7. The molecule has 0 aromatic heterocycles. The van der Waals surface area contributed by atoms with Crippen molar-refractivity contribution in [1.82, 2.24) is 0 Å². The molecule has 45 heavy (non-hydrogen) atoms. The van der Waals surface area contributed by atoms with E-state index in [9.17, 15) is 13.2 Å². The summed E-state index contributed by atoms with van der Waals surface area (Å²) in [4.78, 5) is 0. The minimum Gasteiger partial charge on any atom is -0.497 e. The molecule has 0 saturated carbocycles. The minimum atomic E-state index is -4.46. The van der Waals surface area contributed by atoms with Crippen molar-refractivity contribution >= 4 is 16.8 Å². The lowest BCUT2D eigenvalue weighted by atomic mass is 9.76. The molecule has 1 aliphatic heterocycles. The molecule has 1 unspecified atom stereocenters. The van der Waals surface area contributed by atoms with Gasteiger partial charge < -0.3 is 18.9 Å². The molecule has 0 spiro atoms. The van der Waals surface area contributed by atoms with Crippen molar-refractivity contribution < 1.29 is 32.1 Å². The van der Waals surface area contributed by atoms with E-state index in [-0.39, 0.29) is 0 Å². The third kappa shape index (κ3) is 4.20. The summed E-state index contributed by atoms with van der Waals surface area (Å²) < 4.78 is 65.9. The number of halogens is 3. The fourth-order valence-corrected chi connectivity index (χ4v) is 6.99. The summed E-state index contributed by atoms with van der Waals surface area (Å²) >= 11 is 0. The van der Waals surface area contributed by atoms with Crippen LogP contribution in [0.1, 0.15) is 47.2 Å². The zero-order chi connectivity index (χ0) is 31.7. The first-order valence-corrected chi connectivity index (χ1v) is 14.6. The van der Waals surface area contributed by atoms with Crippen molar-refractivity contribution in [2.45, 2.75) is 31.0 Å². The molecule has 1 heterocycles. The van der Waals surface area contributed by atoms with Crippen LogP contribution >= 0.6 is 0 Å². The summed E-state index contributed by atoms with van der Waals surface area (Å²) in [5.41, 5.74) is 3.32. The third-order valence-corrected chi connectivity index (χ3v) is 9.19. The average molecular weight is 609 g/mol. The van der Waals surface area contributed by atoms with Crippen molar-refractivity contribution in [2.24, 2.45) is 0 Å². The Morgan fingerprint density at radius 3 is 1.98 bits per heavy atom. The monoisotopic (exact) mass is 608 g/mol. The summed E-state index contributed by atoms with van der Waals surface area (Å²) in [6.07, 6.45) is -0.364. The summed E-state index contributed by atoms with van der Waals surface area (Å²) in [5, 5.41) is 1.57. The number of fused-ring (bicyclic) bond motifs is 8. The first-order valence-electron chi connectivity index (χ1n) is 14.6. The molecule has 0 saturated heterocycles. The van der Waals surface area contributed by atoms with E-state index in [1.807, 2.05) is 86.7 Å². The van der Waals surface area contributed by atoms with Gasteiger partial charge in [-0.25, -0.2) is 0 Å². The van der Waals surface area contributed by atoms with Crippen molar-refractivity contribution in [1.29, 1.82) is 0 Å². The quantitative estimate of drug-likeness (QED) is 0.199. The highest BCUT2D eigenvalue weighted by atomic mass is 19.4. The molecule has 0 fully saturated rings. The van der Waals surface area contributed by atoms with Crippen molar-refractivity contribution in [2.75, 3.05) is 21.3 Å². The van der Waals surface area contributed by atoms with Crippen LogP contribution in [0.15, 0.2) is 91.0 Å². The maximum atomic E-state index is 13.9. The SMILES string of the molecule is COc1ccc(C2(c3ccccc3)C=Cc3c4c(c5cc(OC)c(OC)cc5c3O2)-c2ccc(C(F)(F)F)cc2C4(C)C)cc1. The molecule has 7 heteroatoms. The number of hydrogen-bond acceptors (Lipinski definition) is 4. The van der Waals surface area contributed by atoms with E-state index in [1.165, 1.54) is 6.07 Å². The fraction of sp³-hybridized carbons (Fsp3) is 0.211. The van der Waals surface area contributed by atoms with Gasteiger partial charge in [-0.3, -0.25) is 0 Å². The molecular formula is C38H31F3O4. The van der Waals surface area contributed by atoms with E-state index in [1.54, 1.807) is 27.4 Å². The van der Waals surface area contributed by atoms with Gasteiger partial charge in [-0.05, 0) is 70.1 Å². The van der Waals surface area contributed by atoms with E-state index in [0.29, 0.717) is 22.8 Å². The van der Waals surface area contributed by atoms with Gasteiger partial charge >= 0.3 is 6.18 Å². The lowest BCUT2D eigenvalue weighted by Gasteiger charge is -2.38. The Kier molecular flexibility index (Phi) is 6.45. The first-order chi connectivity index (χ1) is 21.5. The second-order valence-corrected chi connectivity index (χ2v) is 11.9. The maximum Gasteiger partial charge on any atom is 0.416 e. The predicted octanol–water partition coefficient (Wildman–Crippen LogP) is 9.54. The van der Waals surface area contributed by atoms with Gasteiger partial charge in [0.05, 0.1) is 26.9 Å². The Balaban J connectivity index is 1.57. The van der Waals surface area contributed by atoms with E-state index < -0.39 is 22.8 Å². The van der Waals surface area contributed by atoms with Crippen molar-refractivity contribution in [3.8, 4) is 34.1 Å². The lowest BCUT2D eigenvalue weighted by molar-refractivity contribution is -0.137. The smallest absolute Gasteiger partial charge is 0.416 e. The average Bonchev–Trinajstić information content (AvgIpc) is 3.30. The van der Waals surface area contributed by atoms with Crippen LogP contribution in [0.25, 0.3) is 28.0 Å². The van der Waals surface area contributed by atoms with Crippen LogP contribution < -0.4 is 18.9 Å². The van der Waals surface area contributed by atoms with Gasteiger partial charge in [0.1, 0.15) is 11.5 Å². The predicted molar refractivity (Wildman–Crippen MR) is 169 cm³/mol. The van der Waals surface area contributed by atoms with Gasteiger partial charge in [0.25, 0.3) is 0 Å². The van der Waals surface area contributed by atoms with E-state index >= 15 is 0 Å². The molecule has 0 amide bonds. The van der Waals surface area contributed by atoms with Gasteiger partial charge in [0, 0.05) is 27.5 Å². The molecule has 4 nitrogen and oxygen atoms in total. The van der Waals surface area contributed by atoms with Crippen molar-refractivity contribution in [3.63, 3.8) is 0 Å². The van der Waals surface area contributed by atoms with Crippen LogP contribution in [-0.4, -0.2) is 21.3 Å².